The summed E-state index contributed by atoms with van der Waals surface area (Å²) in [6.07, 6.45) is 11.9. The second-order valence-electron chi connectivity index (χ2n) is 5.60. The van der Waals surface area contributed by atoms with E-state index in [1.807, 2.05) is 0 Å². The first-order valence-corrected chi connectivity index (χ1v) is 7.12. The van der Waals surface area contributed by atoms with Crippen LogP contribution >= 0.6 is 0 Å². The van der Waals surface area contributed by atoms with Gasteiger partial charge in [-0.05, 0) is 44.2 Å². The summed E-state index contributed by atoms with van der Waals surface area (Å²) >= 11 is 0. The van der Waals surface area contributed by atoms with E-state index >= 15 is 0 Å². The average molecular weight is 209 g/mol. The van der Waals surface area contributed by atoms with Gasteiger partial charge in [0.05, 0.1) is 0 Å². The predicted octanol–water partition coefficient (Wildman–Crippen LogP) is 3.69. The Kier molecular flexibility index (Phi) is 4.49. The van der Waals surface area contributed by atoms with E-state index < -0.39 is 0 Å². The standard InChI is InChI=1S/C14H27N/c1-2-10-15-11-6-9-14(12-15)13-7-4-3-5-8-13/h13-14H,2-12H2,1H3. The lowest BCUT2D eigenvalue weighted by atomic mass is 9.76. The minimum atomic E-state index is 1.05. The van der Waals surface area contributed by atoms with E-state index in [4.69, 9.17) is 0 Å². The summed E-state index contributed by atoms with van der Waals surface area (Å²) in [5.74, 6) is 2.13. The highest BCUT2D eigenvalue weighted by Crippen LogP contribution is 2.34. The van der Waals surface area contributed by atoms with E-state index in [-0.39, 0.29) is 0 Å². The third-order valence-electron chi connectivity index (χ3n) is 4.40. The Morgan fingerprint density at radius 3 is 2.40 bits per heavy atom. The van der Waals surface area contributed by atoms with Gasteiger partial charge in [0.15, 0.2) is 0 Å². The van der Waals surface area contributed by atoms with E-state index in [1.54, 1.807) is 0 Å². The molecule has 1 saturated carbocycles. The van der Waals surface area contributed by atoms with Crippen LogP contribution in [0, 0.1) is 11.8 Å². The molecule has 15 heavy (non-hydrogen) atoms. The molecule has 2 aliphatic rings. The van der Waals surface area contributed by atoms with Crippen molar-refractivity contribution in [2.75, 3.05) is 19.6 Å². The highest BCUT2D eigenvalue weighted by Gasteiger charge is 2.27. The summed E-state index contributed by atoms with van der Waals surface area (Å²) in [6, 6.07) is 0. The molecule has 2 rings (SSSR count). The van der Waals surface area contributed by atoms with Crippen LogP contribution in [0.3, 0.4) is 0 Å². The molecule has 2 fully saturated rings. The summed E-state index contributed by atoms with van der Waals surface area (Å²) in [4.78, 5) is 2.71. The van der Waals surface area contributed by atoms with E-state index in [0.29, 0.717) is 0 Å². The largest absolute Gasteiger partial charge is 0.303 e. The van der Waals surface area contributed by atoms with E-state index in [2.05, 4.69) is 11.8 Å². The summed E-state index contributed by atoms with van der Waals surface area (Å²) < 4.78 is 0. The lowest BCUT2D eigenvalue weighted by Gasteiger charge is -2.38. The van der Waals surface area contributed by atoms with Crippen molar-refractivity contribution >= 4 is 0 Å². The maximum absolute atomic E-state index is 2.71. The van der Waals surface area contributed by atoms with E-state index in [9.17, 15) is 0 Å². The van der Waals surface area contributed by atoms with E-state index in [0.717, 1.165) is 11.8 Å². The molecule has 1 nitrogen and oxygen atoms in total. The predicted molar refractivity (Wildman–Crippen MR) is 66.0 cm³/mol. The van der Waals surface area contributed by atoms with Crippen LogP contribution in [0.15, 0.2) is 0 Å². The minimum absolute atomic E-state index is 1.05. The Balaban J connectivity index is 1.80. The molecule has 1 saturated heterocycles. The SMILES string of the molecule is CCCN1CCCC(C2CCCCC2)C1. The minimum Gasteiger partial charge on any atom is -0.303 e. The van der Waals surface area contributed by atoms with Crippen LogP contribution in [0.2, 0.25) is 0 Å². The van der Waals surface area contributed by atoms with Crippen molar-refractivity contribution in [3.8, 4) is 0 Å². The maximum Gasteiger partial charge on any atom is 0.00123 e. The molecule has 1 heteroatoms. The van der Waals surface area contributed by atoms with Crippen LogP contribution in [-0.2, 0) is 0 Å². The van der Waals surface area contributed by atoms with Crippen LogP contribution in [0.1, 0.15) is 58.3 Å². The number of nitrogens with zero attached hydrogens (tertiary/aromatic N) is 1. The van der Waals surface area contributed by atoms with Gasteiger partial charge in [-0.3, -0.25) is 0 Å². The molecule has 1 aliphatic carbocycles. The number of hydrogen-bond acceptors (Lipinski definition) is 1. The van der Waals surface area contributed by atoms with Gasteiger partial charge < -0.3 is 4.90 Å². The molecule has 0 aromatic rings. The summed E-state index contributed by atoms with van der Waals surface area (Å²) in [5, 5.41) is 0. The van der Waals surface area contributed by atoms with Crippen molar-refractivity contribution in [3.05, 3.63) is 0 Å². The van der Waals surface area contributed by atoms with Gasteiger partial charge in [0.2, 0.25) is 0 Å². The van der Waals surface area contributed by atoms with Crippen LogP contribution in [0.4, 0.5) is 0 Å². The summed E-state index contributed by atoms with van der Waals surface area (Å²) in [6.45, 7) is 6.43. The van der Waals surface area contributed by atoms with Gasteiger partial charge in [0.25, 0.3) is 0 Å². The molecular formula is C14H27N. The van der Waals surface area contributed by atoms with Gasteiger partial charge >= 0.3 is 0 Å². The van der Waals surface area contributed by atoms with Crippen molar-refractivity contribution in [3.63, 3.8) is 0 Å². The first-order valence-electron chi connectivity index (χ1n) is 7.12. The van der Waals surface area contributed by atoms with Gasteiger partial charge in [-0.25, -0.2) is 0 Å². The molecule has 0 aromatic heterocycles. The van der Waals surface area contributed by atoms with Crippen molar-refractivity contribution in [1.29, 1.82) is 0 Å². The molecule has 0 spiro atoms. The van der Waals surface area contributed by atoms with Crippen molar-refractivity contribution < 1.29 is 0 Å². The molecular weight excluding hydrogens is 182 g/mol. The first kappa shape index (κ1) is 11.4. The Hall–Kier alpha value is -0.0400. The molecule has 0 amide bonds. The molecule has 1 unspecified atom stereocenters. The third-order valence-corrected chi connectivity index (χ3v) is 4.40. The molecule has 1 atom stereocenters. The highest BCUT2D eigenvalue weighted by atomic mass is 15.1. The van der Waals surface area contributed by atoms with Crippen LogP contribution in [-0.4, -0.2) is 24.5 Å². The molecule has 0 bridgehead atoms. The number of rotatable bonds is 3. The molecule has 0 N–H and O–H groups in total. The quantitative estimate of drug-likeness (QED) is 0.685. The topological polar surface area (TPSA) is 3.24 Å². The molecule has 0 aromatic carbocycles. The zero-order chi connectivity index (χ0) is 10.5. The molecule has 0 radical (unpaired) electrons. The maximum atomic E-state index is 2.71. The Morgan fingerprint density at radius 1 is 0.933 bits per heavy atom. The fourth-order valence-electron chi connectivity index (χ4n) is 3.60. The zero-order valence-corrected chi connectivity index (χ0v) is 10.4. The van der Waals surface area contributed by atoms with Crippen molar-refractivity contribution in [1.82, 2.24) is 4.90 Å². The lowest BCUT2D eigenvalue weighted by Crippen LogP contribution is -2.39. The second-order valence-corrected chi connectivity index (χ2v) is 5.60. The van der Waals surface area contributed by atoms with Gasteiger partial charge in [-0.15, -0.1) is 0 Å². The second kappa shape index (κ2) is 5.89. The Labute approximate surface area is 95.2 Å². The molecule has 88 valence electrons. The Morgan fingerprint density at radius 2 is 1.67 bits per heavy atom. The molecule has 1 aliphatic heterocycles. The van der Waals surface area contributed by atoms with Crippen molar-refractivity contribution in [2.45, 2.75) is 58.3 Å². The van der Waals surface area contributed by atoms with Crippen molar-refractivity contribution in [2.24, 2.45) is 11.8 Å². The average Bonchev–Trinajstić information content (AvgIpc) is 2.31. The fraction of sp³-hybridized carbons (Fsp3) is 1.00. The van der Waals surface area contributed by atoms with Gasteiger partial charge in [-0.1, -0.05) is 39.0 Å². The summed E-state index contributed by atoms with van der Waals surface area (Å²) in [5.41, 5.74) is 0. The van der Waals surface area contributed by atoms with Crippen LogP contribution < -0.4 is 0 Å². The monoisotopic (exact) mass is 209 g/mol. The normalized spacial score (nSPS) is 30.6. The smallest absolute Gasteiger partial charge is 0.00123 e. The number of piperidine rings is 1. The third kappa shape index (κ3) is 3.21. The first-order chi connectivity index (χ1) is 7.40. The number of hydrogen-bond donors (Lipinski definition) is 0. The van der Waals surface area contributed by atoms with Crippen LogP contribution in [0.5, 0.6) is 0 Å². The van der Waals surface area contributed by atoms with E-state index in [1.165, 1.54) is 71.0 Å². The summed E-state index contributed by atoms with van der Waals surface area (Å²) in [7, 11) is 0. The fourth-order valence-corrected chi connectivity index (χ4v) is 3.60. The van der Waals surface area contributed by atoms with Crippen LogP contribution in [0.25, 0.3) is 0 Å². The number of likely N-dealkylation sites (tertiary alicyclic amines) is 1. The van der Waals surface area contributed by atoms with Gasteiger partial charge in [0.1, 0.15) is 0 Å². The Bertz CT molecular complexity index is 170. The zero-order valence-electron chi connectivity index (χ0n) is 10.4. The molecule has 1 heterocycles. The lowest BCUT2D eigenvalue weighted by molar-refractivity contribution is 0.115. The highest BCUT2D eigenvalue weighted by molar-refractivity contribution is 4.80. The van der Waals surface area contributed by atoms with Gasteiger partial charge in [0, 0.05) is 6.54 Å². The van der Waals surface area contributed by atoms with Gasteiger partial charge in [-0.2, -0.15) is 0 Å².